The molecule has 0 radical (unpaired) electrons. The fourth-order valence-corrected chi connectivity index (χ4v) is 2.47. The number of carboxylic acid groups (broad SMARTS) is 1. The molecular weight excluding hydrogens is 353 g/mol. The normalized spacial score (nSPS) is 10.6. The zero-order valence-corrected chi connectivity index (χ0v) is 14.6. The van der Waals surface area contributed by atoms with E-state index in [1.165, 1.54) is 17.9 Å². The fraction of sp³-hybridized carbons (Fsp3) is 0.211. The van der Waals surface area contributed by atoms with Crippen molar-refractivity contribution in [1.29, 1.82) is 0 Å². The Morgan fingerprint density at radius 2 is 2.11 bits per heavy atom. The van der Waals surface area contributed by atoms with Crippen molar-refractivity contribution in [2.24, 2.45) is 0 Å². The molecule has 27 heavy (non-hydrogen) atoms. The first-order chi connectivity index (χ1) is 13.0. The van der Waals surface area contributed by atoms with Gasteiger partial charge in [-0.05, 0) is 24.1 Å². The Kier molecular flexibility index (Phi) is 5.65. The highest BCUT2D eigenvalue weighted by Crippen LogP contribution is 2.19. The van der Waals surface area contributed by atoms with E-state index >= 15 is 0 Å². The summed E-state index contributed by atoms with van der Waals surface area (Å²) in [6.07, 6.45) is 4.83. The molecule has 2 aromatic heterocycles. The van der Waals surface area contributed by atoms with Crippen LogP contribution in [0.4, 0.5) is 4.39 Å². The number of nitrogens with zero attached hydrogens (tertiary/aromatic N) is 3. The van der Waals surface area contributed by atoms with Crippen LogP contribution in [-0.4, -0.2) is 33.0 Å². The molecule has 1 N–H and O–H groups in total. The van der Waals surface area contributed by atoms with Gasteiger partial charge in [-0.25, -0.2) is 14.1 Å². The van der Waals surface area contributed by atoms with Crippen LogP contribution in [0.2, 0.25) is 0 Å². The second-order valence-corrected chi connectivity index (χ2v) is 5.80. The third kappa shape index (κ3) is 4.81. The number of methoxy groups -OCH3 is 1. The van der Waals surface area contributed by atoms with Crippen LogP contribution in [0, 0.1) is 5.82 Å². The minimum atomic E-state index is -0.839. The Hall–Kier alpha value is -3.42. The summed E-state index contributed by atoms with van der Waals surface area (Å²) < 4.78 is 26.1. The second kappa shape index (κ2) is 8.31. The van der Waals surface area contributed by atoms with Crippen molar-refractivity contribution in [3.05, 3.63) is 65.9 Å². The maximum atomic E-state index is 14.0. The number of aryl methyl sites for hydroxylation is 1. The Balaban J connectivity index is 1.67. The Morgan fingerprint density at radius 3 is 2.89 bits per heavy atom. The van der Waals surface area contributed by atoms with Gasteiger partial charge in [-0.2, -0.15) is 5.10 Å². The molecular formula is C19H18FN3O4. The molecule has 0 spiro atoms. The lowest BCUT2D eigenvalue weighted by Gasteiger charge is -2.07. The molecule has 0 aliphatic rings. The first kappa shape index (κ1) is 18.4. The average Bonchev–Trinajstić information content (AvgIpc) is 3.14. The SMILES string of the molecule is COc1cc(-n2cc(COc3cccc(CCC(=O)O)c3)cn2)c(F)cn1. The van der Waals surface area contributed by atoms with Crippen LogP contribution in [0.25, 0.3) is 5.69 Å². The van der Waals surface area contributed by atoms with Crippen LogP contribution in [0.1, 0.15) is 17.5 Å². The topological polar surface area (TPSA) is 86.5 Å². The molecule has 8 heteroatoms. The van der Waals surface area contributed by atoms with E-state index in [2.05, 4.69) is 10.1 Å². The van der Waals surface area contributed by atoms with Crippen LogP contribution in [0.5, 0.6) is 11.6 Å². The van der Waals surface area contributed by atoms with Gasteiger partial charge in [0.15, 0.2) is 5.82 Å². The zero-order chi connectivity index (χ0) is 19.2. The highest BCUT2D eigenvalue weighted by molar-refractivity contribution is 5.67. The van der Waals surface area contributed by atoms with Gasteiger partial charge in [0.2, 0.25) is 5.88 Å². The fourth-order valence-electron chi connectivity index (χ4n) is 2.47. The third-order valence-corrected chi connectivity index (χ3v) is 3.83. The maximum absolute atomic E-state index is 14.0. The highest BCUT2D eigenvalue weighted by atomic mass is 19.1. The van der Waals surface area contributed by atoms with E-state index in [1.54, 1.807) is 24.5 Å². The van der Waals surface area contributed by atoms with E-state index in [9.17, 15) is 9.18 Å². The highest BCUT2D eigenvalue weighted by Gasteiger charge is 2.10. The number of hydrogen-bond donors (Lipinski definition) is 1. The number of aliphatic carboxylic acids is 1. The molecule has 0 bridgehead atoms. The summed E-state index contributed by atoms with van der Waals surface area (Å²) in [5, 5.41) is 12.9. The minimum Gasteiger partial charge on any atom is -0.489 e. The van der Waals surface area contributed by atoms with Gasteiger partial charge in [0.1, 0.15) is 18.0 Å². The van der Waals surface area contributed by atoms with Gasteiger partial charge in [0.05, 0.1) is 19.5 Å². The van der Waals surface area contributed by atoms with E-state index in [4.69, 9.17) is 14.6 Å². The molecule has 0 saturated carbocycles. The molecule has 0 saturated heterocycles. The molecule has 0 atom stereocenters. The van der Waals surface area contributed by atoms with Crippen LogP contribution >= 0.6 is 0 Å². The Bertz CT molecular complexity index is 942. The van der Waals surface area contributed by atoms with Crippen molar-refractivity contribution in [2.45, 2.75) is 19.4 Å². The molecule has 140 valence electrons. The molecule has 7 nitrogen and oxygen atoms in total. The number of halogens is 1. The maximum Gasteiger partial charge on any atom is 0.303 e. The Morgan fingerprint density at radius 1 is 1.26 bits per heavy atom. The molecule has 2 heterocycles. The molecule has 0 aliphatic heterocycles. The number of carboxylic acids is 1. The second-order valence-electron chi connectivity index (χ2n) is 5.80. The summed E-state index contributed by atoms with van der Waals surface area (Å²) in [5.41, 5.74) is 1.86. The van der Waals surface area contributed by atoms with Crippen molar-refractivity contribution in [1.82, 2.24) is 14.8 Å². The van der Waals surface area contributed by atoms with E-state index < -0.39 is 11.8 Å². The summed E-state index contributed by atoms with van der Waals surface area (Å²) in [4.78, 5) is 14.5. The standard InChI is InChI=1S/C19H18FN3O4/c1-26-18-8-17(16(20)10-21-18)23-11-14(9-22-23)12-27-15-4-2-3-13(7-15)5-6-19(24)25/h2-4,7-11H,5-6,12H2,1H3,(H,24,25). The van der Waals surface area contributed by atoms with Crippen molar-refractivity contribution in [3.63, 3.8) is 0 Å². The summed E-state index contributed by atoms with van der Waals surface area (Å²) >= 11 is 0. The van der Waals surface area contributed by atoms with Crippen LogP contribution in [0.15, 0.2) is 48.9 Å². The minimum absolute atomic E-state index is 0.0667. The summed E-state index contributed by atoms with van der Waals surface area (Å²) in [6, 6.07) is 8.73. The molecule has 0 aliphatic carbocycles. The number of aromatic nitrogens is 3. The number of carbonyl (C=O) groups is 1. The predicted octanol–water partition coefficient (Wildman–Crippen LogP) is 3.01. The van der Waals surface area contributed by atoms with Crippen molar-refractivity contribution in [3.8, 4) is 17.3 Å². The van der Waals surface area contributed by atoms with Gasteiger partial charge in [-0.1, -0.05) is 12.1 Å². The first-order valence-electron chi connectivity index (χ1n) is 8.22. The molecule has 0 unspecified atom stereocenters. The number of rotatable bonds is 8. The van der Waals surface area contributed by atoms with Crippen molar-refractivity contribution >= 4 is 5.97 Å². The summed E-state index contributed by atoms with van der Waals surface area (Å²) in [6.45, 7) is 0.242. The van der Waals surface area contributed by atoms with Crippen LogP contribution in [-0.2, 0) is 17.8 Å². The quantitative estimate of drug-likeness (QED) is 0.655. The number of benzene rings is 1. The lowest BCUT2D eigenvalue weighted by molar-refractivity contribution is -0.136. The largest absolute Gasteiger partial charge is 0.489 e. The molecule has 0 fully saturated rings. The van der Waals surface area contributed by atoms with E-state index in [0.717, 1.165) is 17.3 Å². The van der Waals surface area contributed by atoms with Gasteiger partial charge in [-0.15, -0.1) is 0 Å². The smallest absolute Gasteiger partial charge is 0.303 e. The average molecular weight is 371 g/mol. The van der Waals surface area contributed by atoms with E-state index in [1.807, 2.05) is 12.1 Å². The number of ether oxygens (including phenoxy) is 2. The van der Waals surface area contributed by atoms with Crippen LogP contribution < -0.4 is 9.47 Å². The number of hydrogen-bond acceptors (Lipinski definition) is 5. The molecule has 3 rings (SSSR count). The molecule has 0 amide bonds. The van der Waals surface area contributed by atoms with E-state index in [-0.39, 0.29) is 24.6 Å². The lowest BCUT2D eigenvalue weighted by Crippen LogP contribution is -2.01. The molecule has 1 aromatic carbocycles. The summed E-state index contributed by atoms with van der Waals surface area (Å²) in [5.74, 6) is -0.438. The van der Waals surface area contributed by atoms with Gasteiger partial charge in [-0.3, -0.25) is 4.79 Å². The Labute approximate surface area is 155 Å². The van der Waals surface area contributed by atoms with E-state index in [0.29, 0.717) is 12.2 Å². The first-order valence-corrected chi connectivity index (χ1v) is 8.22. The van der Waals surface area contributed by atoms with Crippen molar-refractivity contribution < 1.29 is 23.8 Å². The van der Waals surface area contributed by atoms with Crippen LogP contribution in [0.3, 0.4) is 0 Å². The van der Waals surface area contributed by atoms with Gasteiger partial charge >= 0.3 is 5.97 Å². The van der Waals surface area contributed by atoms with Gasteiger partial charge < -0.3 is 14.6 Å². The van der Waals surface area contributed by atoms with Crippen molar-refractivity contribution in [2.75, 3.05) is 7.11 Å². The zero-order valence-electron chi connectivity index (χ0n) is 14.6. The lowest BCUT2D eigenvalue weighted by atomic mass is 10.1. The van der Waals surface area contributed by atoms with Gasteiger partial charge in [0, 0.05) is 24.2 Å². The molecule has 3 aromatic rings. The number of pyridine rings is 1. The third-order valence-electron chi connectivity index (χ3n) is 3.83. The monoisotopic (exact) mass is 371 g/mol. The predicted molar refractivity (Wildman–Crippen MR) is 94.6 cm³/mol. The summed E-state index contributed by atoms with van der Waals surface area (Å²) in [7, 11) is 1.46. The van der Waals surface area contributed by atoms with Gasteiger partial charge in [0.25, 0.3) is 0 Å².